The second-order valence-corrected chi connectivity index (χ2v) is 5.71. The number of aliphatic hydroxyl groups excluding tert-OH is 1. The van der Waals surface area contributed by atoms with Gasteiger partial charge in [0.05, 0.1) is 18.8 Å². The van der Waals surface area contributed by atoms with Crippen LogP contribution in [0.5, 0.6) is 0 Å². The van der Waals surface area contributed by atoms with Crippen molar-refractivity contribution in [2.45, 2.75) is 45.3 Å². The van der Waals surface area contributed by atoms with Gasteiger partial charge in [-0.15, -0.1) is 0 Å². The first-order valence-electron chi connectivity index (χ1n) is 6.67. The van der Waals surface area contributed by atoms with Gasteiger partial charge in [-0.2, -0.15) is 0 Å². The summed E-state index contributed by atoms with van der Waals surface area (Å²) in [4.78, 5) is 2.42. The summed E-state index contributed by atoms with van der Waals surface area (Å²) in [6.07, 6.45) is 4.12. The Morgan fingerprint density at radius 1 is 1.25 bits per heavy atom. The molecule has 16 heavy (non-hydrogen) atoms. The van der Waals surface area contributed by atoms with Crippen molar-refractivity contribution in [3.05, 3.63) is 0 Å². The third kappa shape index (κ3) is 3.19. The van der Waals surface area contributed by atoms with Gasteiger partial charge in [0.2, 0.25) is 0 Å². The fourth-order valence-electron chi connectivity index (χ4n) is 3.14. The lowest BCUT2D eigenvalue weighted by Crippen LogP contribution is -2.34. The van der Waals surface area contributed by atoms with Gasteiger partial charge < -0.3 is 14.7 Å². The molecule has 0 aromatic heterocycles. The average Bonchev–Trinajstić information content (AvgIpc) is 2.74. The molecule has 1 saturated heterocycles. The lowest BCUT2D eigenvalue weighted by Gasteiger charge is -2.21. The molecular formula is C13H25NO2. The van der Waals surface area contributed by atoms with E-state index in [0.29, 0.717) is 6.61 Å². The third-order valence-electron chi connectivity index (χ3n) is 3.89. The van der Waals surface area contributed by atoms with E-state index >= 15 is 0 Å². The highest BCUT2D eigenvalue weighted by atomic mass is 16.5. The predicted molar refractivity (Wildman–Crippen MR) is 64.4 cm³/mol. The van der Waals surface area contributed by atoms with Gasteiger partial charge in [0, 0.05) is 19.6 Å². The fraction of sp³-hybridized carbons (Fsp3) is 1.00. The first-order valence-corrected chi connectivity index (χ1v) is 6.67. The number of aliphatic hydroxyl groups is 1. The molecule has 3 nitrogen and oxygen atoms in total. The second-order valence-electron chi connectivity index (χ2n) is 5.71. The van der Waals surface area contributed by atoms with Crippen LogP contribution in [0.3, 0.4) is 0 Å². The predicted octanol–water partition coefficient (Wildman–Crippen LogP) is 1.50. The van der Waals surface area contributed by atoms with Crippen molar-refractivity contribution in [1.29, 1.82) is 0 Å². The van der Waals surface area contributed by atoms with E-state index < -0.39 is 0 Å². The van der Waals surface area contributed by atoms with Crippen LogP contribution < -0.4 is 0 Å². The Bertz CT molecular complexity index is 208. The molecule has 3 atom stereocenters. The Kier molecular flexibility index (Phi) is 4.22. The minimum absolute atomic E-state index is 0.215. The van der Waals surface area contributed by atoms with E-state index in [2.05, 4.69) is 4.90 Å². The molecule has 0 bridgehead atoms. The zero-order valence-corrected chi connectivity index (χ0v) is 10.6. The first kappa shape index (κ1) is 12.3. The molecule has 1 saturated carbocycles. The largest absolute Gasteiger partial charge is 0.389 e. The molecule has 1 aliphatic carbocycles. The molecule has 2 rings (SSSR count). The number of rotatable bonds is 5. The Balaban J connectivity index is 1.66. The van der Waals surface area contributed by atoms with Crippen LogP contribution in [0.15, 0.2) is 0 Å². The topological polar surface area (TPSA) is 32.7 Å². The Morgan fingerprint density at radius 3 is 2.44 bits per heavy atom. The van der Waals surface area contributed by atoms with E-state index in [1.807, 2.05) is 13.8 Å². The fourth-order valence-corrected chi connectivity index (χ4v) is 3.14. The van der Waals surface area contributed by atoms with Gasteiger partial charge in [-0.25, -0.2) is 0 Å². The molecule has 0 spiro atoms. The minimum atomic E-state index is -0.318. The summed E-state index contributed by atoms with van der Waals surface area (Å²) in [7, 11) is 0. The van der Waals surface area contributed by atoms with Gasteiger partial charge in [0.15, 0.2) is 0 Å². The minimum Gasteiger partial charge on any atom is -0.389 e. The van der Waals surface area contributed by atoms with Crippen LogP contribution in [0.4, 0.5) is 0 Å². The Labute approximate surface area is 98.8 Å². The van der Waals surface area contributed by atoms with Crippen molar-refractivity contribution >= 4 is 0 Å². The molecule has 0 amide bonds. The highest BCUT2D eigenvalue weighted by Gasteiger charge is 2.36. The summed E-state index contributed by atoms with van der Waals surface area (Å²) in [5.41, 5.74) is 0. The molecule has 2 fully saturated rings. The summed E-state index contributed by atoms with van der Waals surface area (Å²) in [6, 6.07) is 0. The van der Waals surface area contributed by atoms with Gasteiger partial charge in [-0.05, 0) is 38.5 Å². The van der Waals surface area contributed by atoms with Crippen molar-refractivity contribution in [2.75, 3.05) is 26.2 Å². The number of hydrogen-bond acceptors (Lipinski definition) is 3. The number of β-amino-alcohol motifs (C(OH)–C–C–N with tert-alkyl or cyclic N) is 1. The van der Waals surface area contributed by atoms with E-state index in [9.17, 15) is 5.11 Å². The van der Waals surface area contributed by atoms with Crippen LogP contribution in [-0.4, -0.2) is 48.5 Å². The van der Waals surface area contributed by atoms with Crippen molar-refractivity contribution in [2.24, 2.45) is 11.8 Å². The zero-order chi connectivity index (χ0) is 11.5. The third-order valence-corrected chi connectivity index (χ3v) is 3.89. The van der Waals surface area contributed by atoms with Crippen LogP contribution >= 0.6 is 0 Å². The standard InChI is InChI=1S/C13H25NO2/c1-10(2)16-9-13(15)8-14-6-11-4-3-5-12(11)7-14/h10-13,15H,3-9H2,1-2H3. The highest BCUT2D eigenvalue weighted by molar-refractivity contribution is 4.89. The number of likely N-dealkylation sites (tertiary alicyclic amines) is 1. The van der Waals surface area contributed by atoms with E-state index in [1.165, 1.54) is 32.4 Å². The number of hydrogen-bond donors (Lipinski definition) is 1. The van der Waals surface area contributed by atoms with Gasteiger partial charge in [-0.1, -0.05) is 6.42 Å². The molecule has 1 heterocycles. The molecule has 1 N–H and O–H groups in total. The summed E-state index contributed by atoms with van der Waals surface area (Å²) >= 11 is 0. The van der Waals surface area contributed by atoms with Crippen LogP contribution in [0.2, 0.25) is 0 Å². The van der Waals surface area contributed by atoms with Gasteiger partial charge in [0.1, 0.15) is 0 Å². The van der Waals surface area contributed by atoms with Crippen molar-refractivity contribution < 1.29 is 9.84 Å². The quantitative estimate of drug-likeness (QED) is 0.772. The molecule has 94 valence electrons. The average molecular weight is 227 g/mol. The maximum Gasteiger partial charge on any atom is 0.0900 e. The van der Waals surface area contributed by atoms with E-state index in [0.717, 1.165) is 18.4 Å². The molecule has 2 aliphatic rings. The SMILES string of the molecule is CC(C)OCC(O)CN1CC2CCCC2C1. The van der Waals surface area contributed by atoms with Crippen molar-refractivity contribution in [3.8, 4) is 0 Å². The molecule has 0 radical (unpaired) electrons. The van der Waals surface area contributed by atoms with E-state index in [4.69, 9.17) is 4.74 Å². The molecule has 0 aromatic carbocycles. The number of fused-ring (bicyclic) bond motifs is 1. The summed E-state index contributed by atoms with van der Waals surface area (Å²) < 4.78 is 5.43. The molecule has 3 unspecified atom stereocenters. The number of ether oxygens (including phenoxy) is 1. The normalized spacial score (nSPS) is 32.2. The van der Waals surface area contributed by atoms with Gasteiger partial charge in [0.25, 0.3) is 0 Å². The molecule has 0 aromatic rings. The molecule has 3 heteroatoms. The lowest BCUT2D eigenvalue weighted by atomic mass is 10.0. The van der Waals surface area contributed by atoms with E-state index in [-0.39, 0.29) is 12.2 Å². The Hall–Kier alpha value is -0.120. The monoisotopic (exact) mass is 227 g/mol. The van der Waals surface area contributed by atoms with Crippen LogP contribution in [-0.2, 0) is 4.74 Å². The maximum atomic E-state index is 9.86. The highest BCUT2D eigenvalue weighted by Crippen LogP contribution is 2.37. The van der Waals surface area contributed by atoms with Crippen LogP contribution in [0.1, 0.15) is 33.1 Å². The van der Waals surface area contributed by atoms with Crippen molar-refractivity contribution in [3.63, 3.8) is 0 Å². The summed E-state index contributed by atoms with van der Waals surface area (Å²) in [6.45, 7) is 7.68. The first-order chi connectivity index (χ1) is 7.65. The smallest absolute Gasteiger partial charge is 0.0900 e. The molecular weight excluding hydrogens is 202 g/mol. The summed E-state index contributed by atoms with van der Waals surface area (Å²) in [5, 5.41) is 9.86. The zero-order valence-electron chi connectivity index (χ0n) is 10.6. The summed E-state index contributed by atoms with van der Waals surface area (Å²) in [5.74, 6) is 1.83. The van der Waals surface area contributed by atoms with E-state index in [1.54, 1.807) is 0 Å². The van der Waals surface area contributed by atoms with Gasteiger partial charge >= 0.3 is 0 Å². The maximum absolute atomic E-state index is 9.86. The Morgan fingerprint density at radius 2 is 1.88 bits per heavy atom. The second kappa shape index (κ2) is 5.48. The van der Waals surface area contributed by atoms with Crippen LogP contribution in [0, 0.1) is 11.8 Å². The van der Waals surface area contributed by atoms with Gasteiger partial charge in [-0.3, -0.25) is 0 Å². The lowest BCUT2D eigenvalue weighted by molar-refractivity contribution is -0.00661. The van der Waals surface area contributed by atoms with Crippen LogP contribution in [0.25, 0.3) is 0 Å². The number of nitrogens with zero attached hydrogens (tertiary/aromatic N) is 1. The van der Waals surface area contributed by atoms with Crippen molar-refractivity contribution in [1.82, 2.24) is 4.90 Å². The molecule has 1 aliphatic heterocycles.